The Kier molecular flexibility index (Phi) is 5.32. The first kappa shape index (κ1) is 18.7. The number of rotatable bonds is 4. The molecule has 4 aliphatic rings. The van der Waals surface area contributed by atoms with Crippen LogP contribution in [0.5, 0.6) is 5.75 Å². The van der Waals surface area contributed by atoms with Crippen molar-refractivity contribution in [3.63, 3.8) is 0 Å². The Labute approximate surface area is 173 Å². The van der Waals surface area contributed by atoms with Crippen LogP contribution in [0.2, 0.25) is 0 Å². The van der Waals surface area contributed by atoms with Crippen molar-refractivity contribution in [1.82, 2.24) is 9.80 Å². The number of nitrogens with zero attached hydrogens (tertiary/aromatic N) is 2. The van der Waals surface area contributed by atoms with Crippen LogP contribution in [0, 0.1) is 5.92 Å². The Bertz CT molecular complexity index is 825. The largest absolute Gasteiger partial charge is 0.470 e. The molecule has 1 atom stereocenters. The molecule has 5 nitrogen and oxygen atoms in total. The van der Waals surface area contributed by atoms with Crippen molar-refractivity contribution < 1.29 is 14.3 Å². The third-order valence-corrected chi connectivity index (χ3v) is 6.70. The molecule has 0 N–H and O–H groups in total. The average molecular weight is 395 g/mol. The van der Waals surface area contributed by atoms with Gasteiger partial charge in [0.05, 0.1) is 0 Å². The monoisotopic (exact) mass is 394 g/mol. The minimum atomic E-state index is -0.129. The van der Waals surface area contributed by atoms with Gasteiger partial charge in [0.1, 0.15) is 5.75 Å². The zero-order chi connectivity index (χ0) is 19.6. The van der Waals surface area contributed by atoms with E-state index in [2.05, 4.69) is 41.3 Å². The van der Waals surface area contributed by atoms with Crippen LogP contribution in [-0.4, -0.2) is 54.8 Å². The molecule has 3 heterocycles. The second-order valence-corrected chi connectivity index (χ2v) is 8.50. The molecular weight excluding hydrogens is 364 g/mol. The summed E-state index contributed by atoms with van der Waals surface area (Å²) in [6.45, 7) is 4.32. The van der Waals surface area contributed by atoms with Gasteiger partial charge in [0.15, 0.2) is 6.23 Å². The number of carbonyl (C=O) groups is 1. The van der Waals surface area contributed by atoms with Crippen LogP contribution >= 0.6 is 0 Å². The molecule has 1 aliphatic carbocycles. The molecule has 1 aromatic carbocycles. The summed E-state index contributed by atoms with van der Waals surface area (Å²) < 4.78 is 11.8. The lowest BCUT2D eigenvalue weighted by molar-refractivity contribution is -0.144. The van der Waals surface area contributed by atoms with E-state index in [1.807, 2.05) is 4.90 Å². The van der Waals surface area contributed by atoms with Gasteiger partial charge < -0.3 is 19.3 Å². The number of ether oxygens (including phenoxy) is 2. The van der Waals surface area contributed by atoms with Crippen LogP contribution in [0.25, 0.3) is 0 Å². The van der Waals surface area contributed by atoms with Gasteiger partial charge >= 0.3 is 0 Å². The molecule has 154 valence electrons. The number of hydrogen-bond acceptors (Lipinski definition) is 4. The van der Waals surface area contributed by atoms with E-state index >= 15 is 0 Å². The fourth-order valence-corrected chi connectivity index (χ4v) is 4.87. The van der Waals surface area contributed by atoms with E-state index in [-0.39, 0.29) is 18.1 Å². The molecule has 0 radical (unpaired) electrons. The first-order valence-electron chi connectivity index (χ1n) is 11.1. The number of likely N-dealkylation sites (tertiary alicyclic amines) is 1. The molecule has 29 heavy (non-hydrogen) atoms. The Hall–Kier alpha value is -2.27. The number of benzene rings is 1. The summed E-state index contributed by atoms with van der Waals surface area (Å²) in [6.07, 6.45) is 12.1. The minimum Gasteiger partial charge on any atom is -0.470 e. The molecule has 2 fully saturated rings. The van der Waals surface area contributed by atoms with Gasteiger partial charge in [-0.2, -0.15) is 0 Å². The lowest BCUT2D eigenvalue weighted by Crippen LogP contribution is -2.43. The van der Waals surface area contributed by atoms with Gasteiger partial charge in [-0.25, -0.2) is 0 Å². The van der Waals surface area contributed by atoms with Crippen LogP contribution in [0.3, 0.4) is 0 Å². The quantitative estimate of drug-likeness (QED) is 0.786. The van der Waals surface area contributed by atoms with E-state index in [1.54, 1.807) is 0 Å². The summed E-state index contributed by atoms with van der Waals surface area (Å²) >= 11 is 0. The molecule has 0 spiro atoms. The van der Waals surface area contributed by atoms with E-state index in [0.717, 1.165) is 63.9 Å². The highest BCUT2D eigenvalue weighted by Crippen LogP contribution is 2.29. The van der Waals surface area contributed by atoms with Gasteiger partial charge in [-0.15, -0.1) is 0 Å². The second-order valence-electron chi connectivity index (χ2n) is 8.50. The van der Waals surface area contributed by atoms with Gasteiger partial charge in [-0.05, 0) is 67.5 Å². The summed E-state index contributed by atoms with van der Waals surface area (Å²) in [4.78, 5) is 17.4. The molecule has 0 bridgehead atoms. The van der Waals surface area contributed by atoms with Crippen molar-refractivity contribution in [3.05, 3.63) is 53.3 Å². The number of allylic oxidation sites excluding steroid dienone is 3. The molecular formula is C24H30N2O3. The predicted molar refractivity (Wildman–Crippen MR) is 112 cm³/mol. The molecule has 1 aromatic rings. The number of amides is 1. The van der Waals surface area contributed by atoms with Gasteiger partial charge in [0, 0.05) is 50.9 Å². The highest BCUT2D eigenvalue weighted by atomic mass is 16.5. The van der Waals surface area contributed by atoms with E-state index in [0.29, 0.717) is 13.2 Å². The molecule has 5 heteroatoms. The van der Waals surface area contributed by atoms with E-state index < -0.39 is 0 Å². The minimum absolute atomic E-state index is 0.0980. The van der Waals surface area contributed by atoms with Crippen molar-refractivity contribution in [1.29, 1.82) is 0 Å². The maximum atomic E-state index is 13.0. The fraction of sp³-hybridized carbons (Fsp3) is 0.542. The normalized spacial score (nSPS) is 24.6. The second kappa shape index (κ2) is 8.23. The molecule has 0 unspecified atom stereocenters. The zero-order valence-corrected chi connectivity index (χ0v) is 17.0. The smallest absolute Gasteiger partial charge is 0.228 e. The fourth-order valence-electron chi connectivity index (χ4n) is 4.87. The van der Waals surface area contributed by atoms with E-state index in [9.17, 15) is 4.79 Å². The lowest BCUT2D eigenvalue weighted by atomic mass is 9.99. The molecule has 3 aliphatic heterocycles. The summed E-state index contributed by atoms with van der Waals surface area (Å²) in [5, 5.41) is 0. The maximum Gasteiger partial charge on any atom is 0.228 e. The summed E-state index contributed by atoms with van der Waals surface area (Å²) in [7, 11) is 0. The Morgan fingerprint density at radius 2 is 1.83 bits per heavy atom. The SMILES string of the molecule is O=C(C1CCOCC1)N1CCC[C@@H]1Oc1ccc2c(c1)CCN(C1=CC=C1)CC2. The van der Waals surface area contributed by atoms with Crippen molar-refractivity contribution in [2.24, 2.45) is 5.92 Å². The predicted octanol–water partition coefficient (Wildman–Crippen LogP) is 3.29. The molecule has 2 saturated heterocycles. The molecule has 0 saturated carbocycles. The average Bonchev–Trinajstić information content (AvgIpc) is 3.07. The summed E-state index contributed by atoms with van der Waals surface area (Å²) in [6, 6.07) is 6.52. The Balaban J connectivity index is 1.25. The zero-order valence-electron chi connectivity index (χ0n) is 17.0. The maximum absolute atomic E-state index is 13.0. The molecule has 5 rings (SSSR count). The first-order valence-corrected chi connectivity index (χ1v) is 11.1. The number of hydrogen-bond donors (Lipinski definition) is 0. The van der Waals surface area contributed by atoms with Crippen molar-refractivity contribution in [2.45, 2.75) is 44.8 Å². The highest BCUT2D eigenvalue weighted by molar-refractivity contribution is 5.79. The van der Waals surface area contributed by atoms with Gasteiger partial charge in [0.2, 0.25) is 5.91 Å². The number of carbonyl (C=O) groups excluding carboxylic acids is 1. The van der Waals surface area contributed by atoms with Crippen molar-refractivity contribution in [2.75, 3.05) is 32.8 Å². The molecule has 1 amide bonds. The lowest BCUT2D eigenvalue weighted by Gasteiger charge is -2.30. The van der Waals surface area contributed by atoms with Gasteiger partial charge in [-0.1, -0.05) is 12.1 Å². The topological polar surface area (TPSA) is 42.0 Å². The van der Waals surface area contributed by atoms with Gasteiger partial charge in [-0.3, -0.25) is 4.79 Å². The van der Waals surface area contributed by atoms with Crippen molar-refractivity contribution in [3.8, 4) is 5.75 Å². The molecule has 0 aromatic heterocycles. The summed E-state index contributed by atoms with van der Waals surface area (Å²) in [5.41, 5.74) is 4.15. The van der Waals surface area contributed by atoms with Crippen LogP contribution < -0.4 is 4.74 Å². The van der Waals surface area contributed by atoms with Gasteiger partial charge in [0.25, 0.3) is 0 Å². The first-order chi connectivity index (χ1) is 14.3. The highest BCUT2D eigenvalue weighted by Gasteiger charge is 2.35. The van der Waals surface area contributed by atoms with E-state index in [1.165, 1.54) is 16.8 Å². The third-order valence-electron chi connectivity index (χ3n) is 6.70. The van der Waals surface area contributed by atoms with Crippen LogP contribution in [0.4, 0.5) is 0 Å². The summed E-state index contributed by atoms with van der Waals surface area (Å²) in [5.74, 6) is 1.25. The standard InChI is InChI=1S/C24H30N2O3/c27-24(19-10-15-28-16-11-19)26-12-2-5-23(26)29-22-7-6-18-8-13-25(21-3-1-4-21)14-9-20(18)17-22/h1,3-4,6-7,17,19,23H,2,5,8-16H2/t23-/m0/s1. The Morgan fingerprint density at radius 1 is 1.03 bits per heavy atom. The van der Waals surface area contributed by atoms with Crippen molar-refractivity contribution >= 4 is 5.91 Å². The van der Waals surface area contributed by atoms with Crippen LogP contribution in [-0.2, 0) is 22.4 Å². The number of fused-ring (bicyclic) bond motifs is 1. The van der Waals surface area contributed by atoms with E-state index in [4.69, 9.17) is 9.47 Å². The Morgan fingerprint density at radius 3 is 2.59 bits per heavy atom. The van der Waals surface area contributed by atoms with Crippen LogP contribution in [0.1, 0.15) is 36.8 Å². The van der Waals surface area contributed by atoms with Crippen LogP contribution in [0.15, 0.2) is 42.1 Å². The third kappa shape index (κ3) is 3.93.